The third-order valence-electron chi connectivity index (χ3n) is 1.38. The number of hydrogen-bond acceptors (Lipinski definition) is 4. The molecule has 13 heavy (non-hydrogen) atoms. The lowest BCUT2D eigenvalue weighted by molar-refractivity contribution is -0.141. The van der Waals surface area contributed by atoms with Crippen LogP contribution in [0.4, 0.5) is 0 Å². The molecular weight excluding hydrogens is 170 g/mol. The molecule has 0 radical (unpaired) electrons. The second kappa shape index (κ2) is 7.73. The molecule has 4 heteroatoms. The molecule has 0 unspecified atom stereocenters. The van der Waals surface area contributed by atoms with Crippen molar-refractivity contribution in [2.45, 2.75) is 20.3 Å². The average Bonchev–Trinajstić information content (AvgIpc) is 2.05. The number of hydrogen-bond donors (Lipinski definition) is 0. The summed E-state index contributed by atoms with van der Waals surface area (Å²) in [5.41, 5.74) is 0.788. The molecule has 0 aliphatic carbocycles. The average molecular weight is 187 g/mol. The third-order valence-corrected chi connectivity index (χ3v) is 1.38. The minimum atomic E-state index is -0.221. The standard InChI is InChI=1S/C9H17NO3/c1-4-13-9(11)7-8(2)10-5-6-12-3/h4-7H2,1-3H3. The molecule has 0 spiro atoms. The highest BCUT2D eigenvalue weighted by molar-refractivity contribution is 5.97. The van der Waals surface area contributed by atoms with Gasteiger partial charge in [0.2, 0.25) is 0 Å². The lowest BCUT2D eigenvalue weighted by atomic mass is 10.3. The summed E-state index contributed by atoms with van der Waals surface area (Å²) in [7, 11) is 1.62. The molecule has 0 aromatic rings. The van der Waals surface area contributed by atoms with Crippen LogP contribution in [0.1, 0.15) is 20.3 Å². The fourth-order valence-corrected chi connectivity index (χ4v) is 0.805. The summed E-state index contributed by atoms with van der Waals surface area (Å²) in [6.07, 6.45) is 0.275. The summed E-state index contributed by atoms with van der Waals surface area (Å²) >= 11 is 0. The smallest absolute Gasteiger partial charge is 0.311 e. The van der Waals surface area contributed by atoms with Crippen molar-refractivity contribution in [3.05, 3.63) is 0 Å². The Hall–Kier alpha value is -0.900. The van der Waals surface area contributed by atoms with Crippen LogP contribution in [-0.2, 0) is 14.3 Å². The molecule has 0 N–H and O–H groups in total. The minimum Gasteiger partial charge on any atom is -0.466 e. The quantitative estimate of drug-likeness (QED) is 0.355. The zero-order chi connectivity index (χ0) is 10.1. The summed E-state index contributed by atoms with van der Waals surface area (Å²) < 4.78 is 9.59. The predicted molar refractivity (Wildman–Crippen MR) is 51.1 cm³/mol. The molecule has 0 amide bonds. The molecule has 76 valence electrons. The summed E-state index contributed by atoms with van der Waals surface area (Å²) in [5, 5.41) is 0. The Morgan fingerprint density at radius 3 is 2.69 bits per heavy atom. The van der Waals surface area contributed by atoms with Gasteiger partial charge in [-0.1, -0.05) is 0 Å². The second-order valence-corrected chi connectivity index (χ2v) is 2.59. The zero-order valence-electron chi connectivity index (χ0n) is 8.50. The van der Waals surface area contributed by atoms with Crippen molar-refractivity contribution in [1.82, 2.24) is 0 Å². The molecular formula is C9H17NO3. The molecule has 0 aliphatic rings. The number of aliphatic imine (C=N–C) groups is 1. The highest BCUT2D eigenvalue weighted by Crippen LogP contribution is 1.91. The topological polar surface area (TPSA) is 47.9 Å². The van der Waals surface area contributed by atoms with E-state index in [4.69, 9.17) is 9.47 Å². The zero-order valence-corrected chi connectivity index (χ0v) is 8.50. The molecule has 0 fully saturated rings. The second-order valence-electron chi connectivity index (χ2n) is 2.59. The van der Waals surface area contributed by atoms with Crippen LogP contribution in [0.5, 0.6) is 0 Å². The Kier molecular flexibility index (Phi) is 7.20. The van der Waals surface area contributed by atoms with Gasteiger partial charge in [-0.15, -0.1) is 0 Å². The van der Waals surface area contributed by atoms with Crippen molar-refractivity contribution in [2.24, 2.45) is 4.99 Å². The van der Waals surface area contributed by atoms with Gasteiger partial charge in [0.15, 0.2) is 0 Å². The van der Waals surface area contributed by atoms with E-state index < -0.39 is 0 Å². The van der Waals surface area contributed by atoms with E-state index in [-0.39, 0.29) is 12.4 Å². The van der Waals surface area contributed by atoms with E-state index in [1.165, 1.54) is 0 Å². The van der Waals surface area contributed by atoms with Crippen molar-refractivity contribution in [2.75, 3.05) is 26.9 Å². The Morgan fingerprint density at radius 2 is 2.15 bits per heavy atom. The largest absolute Gasteiger partial charge is 0.466 e. The fraction of sp³-hybridized carbons (Fsp3) is 0.778. The monoisotopic (exact) mass is 187 g/mol. The first-order valence-corrected chi connectivity index (χ1v) is 4.35. The highest BCUT2D eigenvalue weighted by atomic mass is 16.5. The Balaban J connectivity index is 3.64. The van der Waals surface area contributed by atoms with E-state index in [0.717, 1.165) is 5.71 Å². The van der Waals surface area contributed by atoms with Crippen LogP contribution in [0.25, 0.3) is 0 Å². The van der Waals surface area contributed by atoms with E-state index in [2.05, 4.69) is 4.99 Å². The van der Waals surface area contributed by atoms with Crippen molar-refractivity contribution in [1.29, 1.82) is 0 Å². The molecule has 0 heterocycles. The Morgan fingerprint density at radius 1 is 1.46 bits per heavy atom. The van der Waals surface area contributed by atoms with Crippen LogP contribution in [-0.4, -0.2) is 38.5 Å². The first-order valence-electron chi connectivity index (χ1n) is 4.35. The Labute approximate surface area is 78.9 Å². The Bertz CT molecular complexity index is 178. The molecule has 0 aliphatic heterocycles. The number of carbonyl (C=O) groups is 1. The predicted octanol–water partition coefficient (Wildman–Crippen LogP) is 1.05. The number of carbonyl (C=O) groups excluding carboxylic acids is 1. The summed E-state index contributed by atoms with van der Waals surface area (Å²) in [6, 6.07) is 0. The summed E-state index contributed by atoms with van der Waals surface area (Å²) in [4.78, 5) is 15.1. The number of rotatable bonds is 6. The third kappa shape index (κ3) is 7.46. The van der Waals surface area contributed by atoms with Gasteiger partial charge in [-0.2, -0.15) is 0 Å². The molecule has 0 aromatic carbocycles. The van der Waals surface area contributed by atoms with Gasteiger partial charge >= 0.3 is 5.97 Å². The molecule has 0 atom stereocenters. The van der Waals surface area contributed by atoms with Crippen LogP contribution < -0.4 is 0 Å². The van der Waals surface area contributed by atoms with Gasteiger partial charge in [-0.05, 0) is 13.8 Å². The SMILES string of the molecule is CCOC(=O)CC(C)=NCCOC. The number of nitrogens with zero attached hydrogens (tertiary/aromatic N) is 1. The molecule has 0 saturated carbocycles. The minimum absolute atomic E-state index is 0.221. The molecule has 4 nitrogen and oxygen atoms in total. The number of methoxy groups -OCH3 is 1. The van der Waals surface area contributed by atoms with E-state index in [9.17, 15) is 4.79 Å². The van der Waals surface area contributed by atoms with Gasteiger partial charge in [0, 0.05) is 12.8 Å². The molecule has 0 bridgehead atoms. The van der Waals surface area contributed by atoms with Gasteiger partial charge in [-0.3, -0.25) is 9.79 Å². The maximum Gasteiger partial charge on any atom is 0.311 e. The first-order chi connectivity index (χ1) is 6.20. The van der Waals surface area contributed by atoms with Crippen LogP contribution in [0, 0.1) is 0 Å². The van der Waals surface area contributed by atoms with E-state index in [1.807, 2.05) is 6.92 Å². The molecule has 0 saturated heterocycles. The van der Waals surface area contributed by atoms with Crippen molar-refractivity contribution >= 4 is 11.7 Å². The van der Waals surface area contributed by atoms with Crippen LogP contribution in [0.3, 0.4) is 0 Å². The van der Waals surface area contributed by atoms with Gasteiger partial charge in [0.25, 0.3) is 0 Å². The van der Waals surface area contributed by atoms with Crippen molar-refractivity contribution in [3.8, 4) is 0 Å². The number of ether oxygens (including phenoxy) is 2. The van der Waals surface area contributed by atoms with Crippen molar-refractivity contribution < 1.29 is 14.3 Å². The van der Waals surface area contributed by atoms with Gasteiger partial charge < -0.3 is 9.47 Å². The van der Waals surface area contributed by atoms with E-state index in [0.29, 0.717) is 19.8 Å². The van der Waals surface area contributed by atoms with E-state index in [1.54, 1.807) is 14.0 Å². The summed E-state index contributed by atoms with van der Waals surface area (Å²) in [6.45, 7) is 5.20. The lowest BCUT2D eigenvalue weighted by Crippen LogP contribution is -2.09. The number of esters is 1. The maximum atomic E-state index is 11.0. The lowest BCUT2D eigenvalue weighted by Gasteiger charge is -2.01. The normalized spacial score (nSPS) is 11.5. The van der Waals surface area contributed by atoms with E-state index >= 15 is 0 Å². The van der Waals surface area contributed by atoms with Crippen LogP contribution in [0.2, 0.25) is 0 Å². The van der Waals surface area contributed by atoms with Crippen molar-refractivity contribution in [3.63, 3.8) is 0 Å². The first kappa shape index (κ1) is 12.1. The highest BCUT2D eigenvalue weighted by Gasteiger charge is 2.02. The van der Waals surface area contributed by atoms with Gasteiger partial charge in [-0.25, -0.2) is 0 Å². The van der Waals surface area contributed by atoms with Gasteiger partial charge in [0.1, 0.15) is 0 Å². The van der Waals surface area contributed by atoms with Crippen LogP contribution in [0.15, 0.2) is 4.99 Å². The summed E-state index contributed by atoms with van der Waals surface area (Å²) in [5.74, 6) is -0.221. The fourth-order valence-electron chi connectivity index (χ4n) is 0.805. The van der Waals surface area contributed by atoms with Gasteiger partial charge in [0.05, 0.1) is 26.2 Å². The molecule has 0 rings (SSSR count). The molecule has 0 aromatic heterocycles. The van der Waals surface area contributed by atoms with Crippen LogP contribution >= 0.6 is 0 Å². The maximum absolute atomic E-state index is 11.0.